The molecule has 2 aromatic carbocycles. The molecule has 14 unspecified atom stereocenters. The van der Waals surface area contributed by atoms with Crippen molar-refractivity contribution in [3.05, 3.63) is 85.1 Å². The molecule has 296 valence electrons. The molecule has 0 aliphatic heterocycles. The number of aryl methyl sites for hydroxylation is 2. The summed E-state index contributed by atoms with van der Waals surface area (Å²) in [5.41, 5.74) is 8.00. The summed E-state index contributed by atoms with van der Waals surface area (Å²) >= 11 is -0.826. The quantitative estimate of drug-likeness (QED) is 0.273. The van der Waals surface area contributed by atoms with Crippen LogP contribution in [0.15, 0.2) is 42.5 Å². The number of ether oxygens (including phenoxy) is 1. The molecule has 14 atom stereocenters. The van der Waals surface area contributed by atoms with Gasteiger partial charge >= 0.3 is 37.9 Å². The predicted octanol–water partition coefficient (Wildman–Crippen LogP) is 14.8. The van der Waals surface area contributed by atoms with Gasteiger partial charge < -0.3 is 19.6 Å². The van der Waals surface area contributed by atoms with Crippen molar-refractivity contribution in [2.24, 2.45) is 70.5 Å². The zero-order valence-corrected chi connectivity index (χ0v) is 39.9. The van der Waals surface area contributed by atoms with Crippen molar-refractivity contribution in [3.8, 4) is 0 Å². The van der Waals surface area contributed by atoms with Crippen molar-refractivity contribution in [1.29, 1.82) is 0 Å². The first-order valence-electron chi connectivity index (χ1n) is 20.7. The molecule has 5 aliphatic carbocycles. The summed E-state index contributed by atoms with van der Waals surface area (Å²) in [6, 6.07) is 17.5. The van der Waals surface area contributed by atoms with E-state index in [2.05, 4.69) is 112 Å². The molecule has 5 aliphatic rings. The van der Waals surface area contributed by atoms with E-state index in [4.69, 9.17) is 21.8 Å². The van der Waals surface area contributed by atoms with Gasteiger partial charge in [0.2, 0.25) is 0 Å². The molecule has 0 heterocycles. The molecule has 53 heavy (non-hydrogen) atoms. The first kappa shape index (κ1) is 45.6. The maximum absolute atomic E-state index is 6.60. The fourth-order valence-corrected chi connectivity index (χ4v) is 13.6. The Morgan fingerprint density at radius 2 is 1.21 bits per heavy atom. The Morgan fingerprint density at radius 1 is 0.679 bits per heavy atom. The predicted molar refractivity (Wildman–Crippen MR) is 228 cm³/mol. The molecule has 0 amide bonds. The Hall–Kier alpha value is -0.137. The zero-order valence-electron chi connectivity index (χ0n) is 35.9. The van der Waals surface area contributed by atoms with E-state index in [1.54, 1.807) is 11.1 Å². The second kappa shape index (κ2) is 18.2. The summed E-state index contributed by atoms with van der Waals surface area (Å²) in [5.74, 6) is 10.5. The van der Waals surface area contributed by atoms with Crippen molar-refractivity contribution in [1.82, 2.24) is 0 Å². The molecule has 5 saturated carbocycles. The topological polar surface area (TPSA) is 9.23 Å². The molecule has 0 bridgehead atoms. The van der Waals surface area contributed by atoms with Crippen molar-refractivity contribution in [3.63, 3.8) is 0 Å². The molecule has 0 spiro atoms. The van der Waals surface area contributed by atoms with Crippen molar-refractivity contribution >= 4 is 17.0 Å². The normalized spacial score (nSPS) is 37.5. The standard InChI is InChI=1S/C47H70O.2CH3.2ClH.Zr/c1-27-19-28(2)21-33(20-27)44-41-23-30(4)37(39(41)26-42(45(44)48-11)47(8,9)10)25-36-29(3)22-40-38(36)24-32-13-12-14-35(32)43(40)31-15-17-34(18-16-31)46(5,6)7;;;;;/h15-21,29-30,32,35-45H,12-14,22-26H2,1-11H3;2*1H3;2*1H;/q;2*-1;;;+4/p-2. The Bertz CT molecular complexity index is 1440. The van der Waals surface area contributed by atoms with Crippen LogP contribution >= 0.6 is 17.0 Å². The fraction of sp³-hybridized carbons (Fsp3) is 0.714. The van der Waals surface area contributed by atoms with E-state index in [9.17, 15) is 0 Å². The van der Waals surface area contributed by atoms with Crippen molar-refractivity contribution in [2.45, 2.75) is 144 Å². The number of methoxy groups -OCH3 is 1. The number of hydrogen-bond acceptors (Lipinski definition) is 1. The van der Waals surface area contributed by atoms with Gasteiger partial charge in [-0.3, -0.25) is 0 Å². The summed E-state index contributed by atoms with van der Waals surface area (Å²) in [5, 5.41) is 0. The van der Waals surface area contributed by atoms with E-state index >= 15 is 0 Å². The van der Waals surface area contributed by atoms with Crippen LogP contribution in [-0.2, 0) is 31.0 Å². The number of benzene rings is 2. The summed E-state index contributed by atoms with van der Waals surface area (Å²) in [4.78, 5) is 0. The SMILES string of the molecule is COC1C(c2cc(C)cc(C)c2)C2CC(C)C(CC3C(C)CC4C3CC3CCCC3C4c3ccc(C(C)(C)C)cc3)C2CC1C(C)(C)C.[CH3-].[CH3-].[Cl][Zr+2][Cl]. The van der Waals surface area contributed by atoms with Gasteiger partial charge in [0.25, 0.3) is 0 Å². The van der Waals surface area contributed by atoms with Gasteiger partial charge in [0.15, 0.2) is 0 Å². The first-order chi connectivity index (χ1) is 24.1. The molecule has 0 aromatic heterocycles. The molecule has 0 saturated heterocycles. The number of fused-ring (bicyclic) bond motifs is 3. The molecule has 4 heteroatoms. The van der Waals surface area contributed by atoms with Crippen LogP contribution < -0.4 is 0 Å². The van der Waals surface area contributed by atoms with Crippen LogP contribution in [0.5, 0.6) is 0 Å². The molecule has 7 rings (SSSR count). The van der Waals surface area contributed by atoms with Gasteiger partial charge in [-0.15, -0.1) is 0 Å². The third-order valence-corrected chi connectivity index (χ3v) is 15.6. The third-order valence-electron chi connectivity index (χ3n) is 15.6. The minimum atomic E-state index is -0.826. The summed E-state index contributed by atoms with van der Waals surface area (Å²) in [7, 11) is 11.9. The van der Waals surface area contributed by atoms with Crippen LogP contribution in [0.25, 0.3) is 0 Å². The van der Waals surface area contributed by atoms with E-state index < -0.39 is 20.8 Å². The molecular weight excluding hydrogens is 767 g/mol. The minimum absolute atomic E-state index is 0. The van der Waals surface area contributed by atoms with Crippen molar-refractivity contribution < 1.29 is 25.6 Å². The van der Waals surface area contributed by atoms with Crippen LogP contribution in [0.2, 0.25) is 0 Å². The maximum atomic E-state index is 6.60. The monoisotopic (exact) mass is 840 g/mol. The molecule has 0 N–H and O–H groups in total. The van der Waals surface area contributed by atoms with Gasteiger partial charge in [-0.1, -0.05) is 122 Å². The second-order valence-corrected chi connectivity index (χ2v) is 24.3. The third kappa shape index (κ3) is 9.28. The van der Waals surface area contributed by atoms with E-state index in [0.29, 0.717) is 17.9 Å². The Morgan fingerprint density at radius 3 is 1.72 bits per heavy atom. The van der Waals surface area contributed by atoms with Crippen LogP contribution in [0.3, 0.4) is 0 Å². The first-order valence-corrected chi connectivity index (χ1v) is 27.1. The van der Waals surface area contributed by atoms with Gasteiger partial charge in [-0.25, -0.2) is 0 Å². The molecule has 1 nitrogen and oxygen atoms in total. The molecule has 5 fully saturated rings. The number of halogens is 2. The van der Waals surface area contributed by atoms with E-state index in [-0.39, 0.29) is 25.7 Å². The van der Waals surface area contributed by atoms with Crippen molar-refractivity contribution in [2.75, 3.05) is 7.11 Å². The van der Waals surface area contributed by atoms with Gasteiger partial charge in [-0.2, -0.15) is 0 Å². The van der Waals surface area contributed by atoms with Gasteiger partial charge in [0, 0.05) is 13.0 Å². The number of hydrogen-bond donors (Lipinski definition) is 0. The molecule has 2 aromatic rings. The Balaban J connectivity index is 0.00000121. The van der Waals surface area contributed by atoms with Gasteiger partial charge in [0.1, 0.15) is 0 Å². The van der Waals surface area contributed by atoms with Gasteiger partial charge in [0.05, 0.1) is 6.10 Å². The van der Waals surface area contributed by atoms with Crippen LogP contribution in [0.1, 0.15) is 146 Å². The second-order valence-electron chi connectivity index (χ2n) is 20.6. The van der Waals surface area contributed by atoms with E-state index in [1.807, 2.05) is 7.11 Å². The van der Waals surface area contributed by atoms with Crippen LogP contribution in [0.4, 0.5) is 0 Å². The average Bonchev–Trinajstić information content (AvgIpc) is 3.73. The van der Waals surface area contributed by atoms with Gasteiger partial charge in [-0.05, 0) is 151 Å². The summed E-state index contributed by atoms with van der Waals surface area (Å²) < 4.78 is 6.60. The number of rotatable bonds is 5. The molecule has 0 radical (unpaired) electrons. The van der Waals surface area contributed by atoms with Crippen LogP contribution in [0, 0.1) is 99.2 Å². The Labute approximate surface area is 346 Å². The molecular formula is C49H76Cl2OZr. The van der Waals surface area contributed by atoms with E-state index in [1.165, 1.54) is 68.1 Å². The Kier molecular flexibility index (Phi) is 15.6. The fourth-order valence-electron chi connectivity index (χ4n) is 13.6. The summed E-state index contributed by atoms with van der Waals surface area (Å²) in [6.45, 7) is 24.5. The summed E-state index contributed by atoms with van der Waals surface area (Å²) in [6.07, 6.45) is 11.9. The van der Waals surface area contributed by atoms with Crippen LogP contribution in [-0.4, -0.2) is 13.2 Å². The average molecular weight is 843 g/mol. The zero-order chi connectivity index (χ0) is 37.0. The van der Waals surface area contributed by atoms with E-state index in [0.717, 1.165) is 65.1 Å².